The van der Waals surface area contributed by atoms with Crippen molar-refractivity contribution in [3.63, 3.8) is 0 Å². The molecule has 0 saturated carbocycles. The number of benzene rings is 2. The van der Waals surface area contributed by atoms with Crippen LogP contribution in [0.2, 0.25) is 0 Å². The highest BCUT2D eigenvalue weighted by Crippen LogP contribution is 2.41. The van der Waals surface area contributed by atoms with Crippen LogP contribution in [0.15, 0.2) is 54.6 Å². The molecule has 0 saturated heterocycles. The molecule has 0 spiro atoms. The van der Waals surface area contributed by atoms with Crippen molar-refractivity contribution < 1.29 is 14.3 Å². The van der Waals surface area contributed by atoms with Crippen molar-refractivity contribution in [2.24, 2.45) is 11.8 Å². The summed E-state index contributed by atoms with van der Waals surface area (Å²) in [5.74, 6) is -0.676. The molecule has 4 rings (SSSR count). The van der Waals surface area contributed by atoms with Crippen molar-refractivity contribution in [1.82, 2.24) is 9.55 Å². The Morgan fingerprint density at radius 2 is 1.80 bits per heavy atom. The smallest absolute Gasteiger partial charge is 0.321 e. The third kappa shape index (κ3) is 3.47. The monoisotopic (exact) mass is 405 g/mol. The van der Waals surface area contributed by atoms with Gasteiger partial charge >= 0.3 is 5.97 Å². The van der Waals surface area contributed by atoms with E-state index in [-0.39, 0.29) is 12.5 Å². The number of aromatic nitrogens is 2. The number of nitrogens with zero attached hydrogens (tertiary/aromatic N) is 3. The largest absolute Gasteiger partial charge is 0.465 e. The van der Waals surface area contributed by atoms with Gasteiger partial charge in [-0.05, 0) is 37.0 Å². The SMILES string of the molecule is CCOC(=O)[C@H]1C(=O)N(CCC(C)C)c2nc3ccccc3n2[C@@H]1c1ccccc1. The quantitative estimate of drug-likeness (QED) is 0.455. The first-order chi connectivity index (χ1) is 14.5. The first-order valence-corrected chi connectivity index (χ1v) is 10.5. The van der Waals surface area contributed by atoms with Crippen LogP contribution in [-0.2, 0) is 14.3 Å². The summed E-state index contributed by atoms with van der Waals surface area (Å²) in [7, 11) is 0. The number of amides is 1. The van der Waals surface area contributed by atoms with E-state index < -0.39 is 17.9 Å². The lowest BCUT2D eigenvalue weighted by molar-refractivity contribution is -0.153. The molecule has 0 radical (unpaired) electrons. The summed E-state index contributed by atoms with van der Waals surface area (Å²) >= 11 is 0. The fourth-order valence-corrected chi connectivity index (χ4v) is 4.10. The second-order valence-corrected chi connectivity index (χ2v) is 8.03. The number of para-hydroxylation sites is 2. The molecule has 2 aromatic carbocycles. The van der Waals surface area contributed by atoms with E-state index in [0.717, 1.165) is 23.0 Å². The van der Waals surface area contributed by atoms with Gasteiger partial charge in [-0.1, -0.05) is 56.3 Å². The number of rotatable bonds is 6. The van der Waals surface area contributed by atoms with Gasteiger partial charge in [0, 0.05) is 6.54 Å². The van der Waals surface area contributed by atoms with Crippen molar-refractivity contribution >= 4 is 28.9 Å². The van der Waals surface area contributed by atoms with E-state index in [1.807, 2.05) is 59.2 Å². The molecule has 0 aliphatic carbocycles. The van der Waals surface area contributed by atoms with E-state index in [1.54, 1.807) is 11.8 Å². The molecule has 2 atom stereocenters. The van der Waals surface area contributed by atoms with Gasteiger partial charge in [-0.2, -0.15) is 0 Å². The van der Waals surface area contributed by atoms with Gasteiger partial charge in [0.15, 0.2) is 5.92 Å². The maximum atomic E-state index is 13.6. The Kier molecular flexibility index (Phi) is 5.57. The molecule has 1 aromatic heterocycles. The number of carbonyl (C=O) groups excluding carboxylic acids is 2. The second kappa shape index (κ2) is 8.30. The van der Waals surface area contributed by atoms with Crippen LogP contribution in [0.25, 0.3) is 11.0 Å². The lowest BCUT2D eigenvalue weighted by atomic mass is 9.89. The van der Waals surface area contributed by atoms with Crippen LogP contribution in [0, 0.1) is 11.8 Å². The van der Waals surface area contributed by atoms with Gasteiger partial charge < -0.3 is 9.30 Å². The number of imidazole rings is 1. The fourth-order valence-electron chi connectivity index (χ4n) is 4.10. The van der Waals surface area contributed by atoms with E-state index in [4.69, 9.17) is 9.72 Å². The second-order valence-electron chi connectivity index (χ2n) is 8.03. The highest BCUT2D eigenvalue weighted by Gasteiger charge is 2.47. The van der Waals surface area contributed by atoms with E-state index in [9.17, 15) is 9.59 Å². The highest BCUT2D eigenvalue weighted by molar-refractivity contribution is 6.08. The van der Waals surface area contributed by atoms with Gasteiger partial charge in [0.05, 0.1) is 23.7 Å². The molecule has 2 heterocycles. The van der Waals surface area contributed by atoms with Gasteiger partial charge in [0.2, 0.25) is 11.9 Å². The Morgan fingerprint density at radius 1 is 1.10 bits per heavy atom. The number of esters is 1. The number of fused-ring (bicyclic) bond motifs is 3. The zero-order valence-corrected chi connectivity index (χ0v) is 17.6. The van der Waals surface area contributed by atoms with Crippen LogP contribution in [0.4, 0.5) is 5.95 Å². The molecule has 6 nitrogen and oxygen atoms in total. The van der Waals surface area contributed by atoms with Gasteiger partial charge in [-0.15, -0.1) is 0 Å². The van der Waals surface area contributed by atoms with E-state index in [2.05, 4.69) is 13.8 Å². The minimum absolute atomic E-state index is 0.230. The molecule has 0 unspecified atom stereocenters. The number of carbonyl (C=O) groups is 2. The summed E-state index contributed by atoms with van der Waals surface area (Å²) in [6.07, 6.45) is 0.820. The predicted octanol–water partition coefficient (Wildman–Crippen LogP) is 4.20. The Balaban J connectivity index is 1.95. The van der Waals surface area contributed by atoms with E-state index in [0.29, 0.717) is 18.4 Å². The van der Waals surface area contributed by atoms with Crippen molar-refractivity contribution in [1.29, 1.82) is 0 Å². The van der Waals surface area contributed by atoms with Crippen molar-refractivity contribution in [2.75, 3.05) is 18.1 Å². The zero-order valence-electron chi connectivity index (χ0n) is 17.6. The molecule has 6 heteroatoms. The molecular formula is C24H27N3O3. The molecule has 30 heavy (non-hydrogen) atoms. The molecule has 0 bridgehead atoms. The first-order valence-electron chi connectivity index (χ1n) is 10.5. The average Bonchev–Trinajstić information content (AvgIpc) is 3.12. The van der Waals surface area contributed by atoms with Gasteiger partial charge in [-0.3, -0.25) is 14.5 Å². The molecule has 1 amide bonds. The van der Waals surface area contributed by atoms with Crippen LogP contribution < -0.4 is 4.90 Å². The van der Waals surface area contributed by atoms with Crippen LogP contribution in [0.5, 0.6) is 0 Å². The van der Waals surface area contributed by atoms with Gasteiger partial charge in [-0.25, -0.2) is 4.98 Å². The Labute approximate surface area is 176 Å². The molecule has 3 aromatic rings. The normalized spacial score (nSPS) is 18.7. The number of hydrogen-bond acceptors (Lipinski definition) is 4. The summed E-state index contributed by atoms with van der Waals surface area (Å²) in [6.45, 7) is 6.74. The van der Waals surface area contributed by atoms with Gasteiger partial charge in [0.25, 0.3) is 0 Å². The summed E-state index contributed by atoms with van der Waals surface area (Å²) < 4.78 is 7.40. The lowest BCUT2D eigenvalue weighted by Crippen LogP contribution is -2.50. The molecule has 0 fully saturated rings. The van der Waals surface area contributed by atoms with E-state index >= 15 is 0 Å². The maximum Gasteiger partial charge on any atom is 0.321 e. The third-order valence-corrected chi connectivity index (χ3v) is 5.56. The fraction of sp³-hybridized carbons (Fsp3) is 0.375. The van der Waals surface area contributed by atoms with Crippen molar-refractivity contribution in [3.05, 3.63) is 60.2 Å². The molecule has 1 aliphatic rings. The number of hydrogen-bond donors (Lipinski definition) is 0. The van der Waals surface area contributed by atoms with Crippen molar-refractivity contribution in [3.8, 4) is 0 Å². The molecule has 156 valence electrons. The number of anilines is 1. The van der Waals surface area contributed by atoms with Gasteiger partial charge in [0.1, 0.15) is 0 Å². The summed E-state index contributed by atoms with van der Waals surface area (Å²) in [5.41, 5.74) is 2.59. The maximum absolute atomic E-state index is 13.6. The van der Waals surface area contributed by atoms with Crippen LogP contribution in [0.3, 0.4) is 0 Å². The Morgan fingerprint density at radius 3 is 2.50 bits per heavy atom. The van der Waals surface area contributed by atoms with Crippen molar-refractivity contribution in [2.45, 2.75) is 33.2 Å². The summed E-state index contributed by atoms with van der Waals surface area (Å²) in [4.78, 5) is 33.2. The first kappa shape index (κ1) is 20.1. The van der Waals surface area contributed by atoms with Crippen LogP contribution in [-0.4, -0.2) is 34.6 Å². The van der Waals surface area contributed by atoms with Crippen LogP contribution >= 0.6 is 0 Å². The average molecular weight is 405 g/mol. The number of ether oxygens (including phenoxy) is 1. The Hall–Kier alpha value is -3.15. The third-order valence-electron chi connectivity index (χ3n) is 5.56. The van der Waals surface area contributed by atoms with Crippen LogP contribution in [0.1, 0.15) is 38.8 Å². The van der Waals surface area contributed by atoms with E-state index in [1.165, 1.54) is 0 Å². The minimum atomic E-state index is -0.954. The molecule has 0 N–H and O–H groups in total. The molecule has 1 aliphatic heterocycles. The lowest BCUT2D eigenvalue weighted by Gasteiger charge is -2.38. The predicted molar refractivity (Wildman–Crippen MR) is 116 cm³/mol. The minimum Gasteiger partial charge on any atom is -0.465 e. The highest BCUT2D eigenvalue weighted by atomic mass is 16.5. The molecular weight excluding hydrogens is 378 g/mol. The Bertz CT molecular complexity index is 1060. The summed E-state index contributed by atoms with van der Waals surface area (Å²) in [5, 5.41) is 0. The topological polar surface area (TPSA) is 64.4 Å². The standard InChI is InChI=1S/C24H27N3O3/c1-4-30-23(29)20-21(17-10-6-5-7-11-17)27-19-13-9-8-12-18(19)25-24(27)26(22(20)28)15-14-16(2)3/h5-13,16,20-21H,4,14-15H2,1-3H3/t20-,21-/m1/s1. The zero-order chi connectivity index (χ0) is 21.3. The summed E-state index contributed by atoms with van der Waals surface area (Å²) in [6, 6.07) is 17.0.